The maximum absolute atomic E-state index is 13.4. The number of hydrogen-bond acceptors (Lipinski definition) is 4. The lowest BCUT2D eigenvalue weighted by Gasteiger charge is -2.12. The molecule has 2 aromatic rings. The summed E-state index contributed by atoms with van der Waals surface area (Å²) < 4.78 is 38.2. The minimum atomic E-state index is -3.29. The molecule has 18 heavy (non-hydrogen) atoms. The second-order valence-electron chi connectivity index (χ2n) is 3.62. The van der Waals surface area contributed by atoms with Crippen LogP contribution in [0.4, 0.5) is 13.2 Å². The highest BCUT2D eigenvalue weighted by Crippen LogP contribution is 2.27. The Bertz CT molecular complexity index is 539. The van der Waals surface area contributed by atoms with Crippen LogP contribution in [0.2, 0.25) is 0 Å². The highest BCUT2D eigenvalue weighted by Gasteiger charge is 2.34. The van der Waals surface area contributed by atoms with Crippen molar-refractivity contribution in [3.05, 3.63) is 29.4 Å². The van der Waals surface area contributed by atoms with Crippen molar-refractivity contribution in [1.82, 2.24) is 4.98 Å². The molecule has 0 amide bonds. The number of hydrogen-bond donors (Lipinski definition) is 1. The fourth-order valence-corrected chi connectivity index (χ4v) is 2.42. The lowest BCUT2D eigenvalue weighted by Crippen LogP contribution is -2.35. The molecule has 0 spiro atoms. The zero-order valence-electron chi connectivity index (χ0n) is 8.89. The number of nitrogens with zero attached hydrogens (tertiary/aromatic N) is 1. The fraction of sp³-hybridized carbons (Fsp3) is 0.273. The monoisotopic (exact) mass is 275 g/mol. The Morgan fingerprint density at radius 3 is 2.72 bits per heavy atom. The Morgan fingerprint density at radius 2 is 2.11 bits per heavy atom. The van der Waals surface area contributed by atoms with Crippen LogP contribution >= 0.6 is 11.3 Å². The number of rotatable bonds is 4. The van der Waals surface area contributed by atoms with Crippen LogP contribution in [0.15, 0.2) is 24.5 Å². The van der Waals surface area contributed by atoms with E-state index in [9.17, 15) is 18.0 Å². The molecule has 0 bridgehead atoms. The first-order chi connectivity index (χ1) is 8.50. The van der Waals surface area contributed by atoms with Crippen molar-refractivity contribution >= 4 is 27.2 Å². The van der Waals surface area contributed by atoms with Gasteiger partial charge in [-0.05, 0) is 17.5 Å². The Hall–Kier alpha value is -1.47. The van der Waals surface area contributed by atoms with E-state index in [1.165, 1.54) is 18.5 Å². The van der Waals surface area contributed by atoms with E-state index in [1.807, 2.05) is 0 Å². The van der Waals surface area contributed by atoms with Gasteiger partial charge in [-0.25, -0.2) is 13.2 Å². The summed E-state index contributed by atoms with van der Waals surface area (Å²) >= 11 is 0.955. The summed E-state index contributed by atoms with van der Waals surface area (Å²) in [5.41, 5.74) is 0. The number of pyridine rings is 1. The van der Waals surface area contributed by atoms with Crippen LogP contribution in [0.5, 0.6) is 0 Å². The first-order valence-electron chi connectivity index (χ1n) is 4.98. The van der Waals surface area contributed by atoms with Crippen LogP contribution in [-0.4, -0.2) is 34.6 Å². The predicted molar refractivity (Wildman–Crippen MR) is 60.9 cm³/mol. The number of fused-ring (bicyclic) bond motifs is 1. The molecule has 0 aliphatic rings. The molecular formula is C11H8F3NO2S. The molecule has 0 aromatic carbocycles. The third-order valence-corrected chi connectivity index (χ3v) is 3.47. The number of thiophene rings is 1. The molecule has 3 nitrogen and oxygen atoms in total. The van der Waals surface area contributed by atoms with Gasteiger partial charge in [0.1, 0.15) is 0 Å². The minimum absolute atomic E-state index is 0.00907. The van der Waals surface area contributed by atoms with Gasteiger partial charge in [0.05, 0.1) is 9.58 Å². The molecule has 0 aliphatic heterocycles. The zero-order valence-corrected chi connectivity index (χ0v) is 9.70. The quantitative estimate of drug-likeness (QED) is 0.872. The maximum atomic E-state index is 13.4. The van der Waals surface area contributed by atoms with Crippen molar-refractivity contribution in [2.45, 2.75) is 18.7 Å². The SMILES string of the molecule is O=C(c1cc2ccncc2s1)C(F)C(O)C(F)F. The van der Waals surface area contributed by atoms with E-state index in [1.54, 1.807) is 6.07 Å². The highest BCUT2D eigenvalue weighted by molar-refractivity contribution is 7.20. The van der Waals surface area contributed by atoms with Crippen LogP contribution in [0.1, 0.15) is 9.67 Å². The molecule has 7 heteroatoms. The van der Waals surface area contributed by atoms with Crippen LogP contribution in [0.25, 0.3) is 10.1 Å². The summed E-state index contributed by atoms with van der Waals surface area (Å²) in [5.74, 6) is -1.14. The first kappa shape index (κ1) is 13.0. The van der Waals surface area contributed by atoms with Gasteiger partial charge in [-0.2, -0.15) is 0 Å². The topological polar surface area (TPSA) is 50.2 Å². The number of aliphatic hydroxyl groups excluding tert-OH is 1. The van der Waals surface area contributed by atoms with E-state index >= 15 is 0 Å². The van der Waals surface area contributed by atoms with E-state index in [-0.39, 0.29) is 4.88 Å². The first-order valence-corrected chi connectivity index (χ1v) is 5.80. The summed E-state index contributed by atoms with van der Waals surface area (Å²) in [6.45, 7) is 0. The van der Waals surface area contributed by atoms with E-state index in [4.69, 9.17) is 5.11 Å². The number of carbonyl (C=O) groups excluding carboxylic acids is 1. The van der Waals surface area contributed by atoms with E-state index in [0.29, 0.717) is 10.1 Å². The van der Waals surface area contributed by atoms with Gasteiger partial charge in [0.15, 0.2) is 12.3 Å². The van der Waals surface area contributed by atoms with Gasteiger partial charge in [-0.1, -0.05) is 0 Å². The molecule has 0 aliphatic carbocycles. The van der Waals surface area contributed by atoms with Crippen LogP contribution in [0.3, 0.4) is 0 Å². The second kappa shape index (κ2) is 5.03. The largest absolute Gasteiger partial charge is 0.384 e. The Morgan fingerprint density at radius 1 is 1.39 bits per heavy atom. The minimum Gasteiger partial charge on any atom is -0.384 e. The number of Topliss-reactive ketones (excluding diaryl/α,β-unsaturated/α-hetero) is 1. The summed E-state index contributed by atoms with van der Waals surface area (Å²) in [4.78, 5) is 15.4. The molecule has 2 rings (SSSR count). The molecular weight excluding hydrogens is 267 g/mol. The van der Waals surface area contributed by atoms with Gasteiger partial charge >= 0.3 is 0 Å². The molecule has 0 saturated heterocycles. The van der Waals surface area contributed by atoms with Gasteiger partial charge in [0.25, 0.3) is 6.43 Å². The van der Waals surface area contributed by atoms with Crippen molar-refractivity contribution in [2.24, 2.45) is 0 Å². The molecule has 2 heterocycles. The van der Waals surface area contributed by atoms with E-state index in [0.717, 1.165) is 11.3 Å². The molecule has 96 valence electrons. The van der Waals surface area contributed by atoms with Crippen molar-refractivity contribution in [3.63, 3.8) is 0 Å². The number of aliphatic hydroxyl groups is 1. The third kappa shape index (κ3) is 2.37. The van der Waals surface area contributed by atoms with Crippen LogP contribution in [-0.2, 0) is 0 Å². The van der Waals surface area contributed by atoms with Crippen LogP contribution in [0, 0.1) is 0 Å². The van der Waals surface area contributed by atoms with Crippen molar-refractivity contribution in [1.29, 1.82) is 0 Å². The predicted octanol–water partition coefficient (Wildman–Crippen LogP) is 2.44. The Labute approximate surface area is 104 Å². The Balaban J connectivity index is 2.28. The van der Waals surface area contributed by atoms with Gasteiger partial charge in [0.2, 0.25) is 5.78 Å². The smallest absolute Gasteiger partial charge is 0.267 e. The van der Waals surface area contributed by atoms with Gasteiger partial charge in [-0.15, -0.1) is 11.3 Å². The summed E-state index contributed by atoms with van der Waals surface area (Å²) in [6.07, 6.45) is -5.51. The normalized spacial score (nSPS) is 14.9. The average Bonchev–Trinajstić information content (AvgIpc) is 2.79. The number of carbonyl (C=O) groups is 1. The fourth-order valence-electron chi connectivity index (χ4n) is 1.42. The standard InChI is InChI=1S/C11H8F3NO2S/c12-8(10(17)11(13)14)9(16)6-3-5-1-2-15-4-7(5)18-6/h1-4,8,10-11,17H. The average molecular weight is 275 g/mol. The van der Waals surface area contributed by atoms with Crippen molar-refractivity contribution in [3.8, 4) is 0 Å². The summed E-state index contributed by atoms with van der Waals surface area (Å²) in [7, 11) is 0. The molecule has 2 aromatic heterocycles. The summed E-state index contributed by atoms with van der Waals surface area (Å²) in [6, 6.07) is 3.02. The van der Waals surface area contributed by atoms with Gasteiger partial charge in [-0.3, -0.25) is 9.78 Å². The van der Waals surface area contributed by atoms with E-state index in [2.05, 4.69) is 4.98 Å². The molecule has 0 saturated carbocycles. The number of aromatic nitrogens is 1. The van der Waals surface area contributed by atoms with E-state index < -0.39 is 24.5 Å². The third-order valence-electron chi connectivity index (χ3n) is 2.37. The lowest BCUT2D eigenvalue weighted by atomic mass is 10.1. The van der Waals surface area contributed by atoms with Gasteiger partial charge < -0.3 is 5.11 Å². The highest BCUT2D eigenvalue weighted by atomic mass is 32.1. The summed E-state index contributed by atoms with van der Waals surface area (Å²) in [5, 5.41) is 9.53. The van der Waals surface area contributed by atoms with Gasteiger partial charge in [0, 0.05) is 12.4 Å². The number of ketones is 1. The number of halogens is 3. The maximum Gasteiger partial charge on any atom is 0.267 e. The van der Waals surface area contributed by atoms with Crippen molar-refractivity contribution in [2.75, 3.05) is 0 Å². The Kier molecular flexibility index (Phi) is 3.63. The number of alkyl halides is 3. The zero-order chi connectivity index (χ0) is 13.3. The second-order valence-corrected chi connectivity index (χ2v) is 4.70. The molecule has 0 radical (unpaired) electrons. The van der Waals surface area contributed by atoms with Crippen LogP contribution < -0.4 is 0 Å². The molecule has 2 unspecified atom stereocenters. The van der Waals surface area contributed by atoms with Crippen molar-refractivity contribution < 1.29 is 23.1 Å². The lowest BCUT2D eigenvalue weighted by molar-refractivity contribution is -0.0402. The molecule has 0 fully saturated rings. The molecule has 2 atom stereocenters. The molecule has 1 N–H and O–H groups in total.